The standard InChI is InChI=1S/C8H9Cl2NO3/c1-2-8(10)4-3-5(11(13)14)6(12)7(8)9/h3-4,7,12H,2H2,1H3. The van der Waals surface area contributed by atoms with E-state index in [2.05, 4.69) is 0 Å². The van der Waals surface area contributed by atoms with E-state index in [1.165, 1.54) is 12.2 Å². The number of allylic oxidation sites excluding steroid dienone is 3. The zero-order chi connectivity index (χ0) is 10.9. The highest BCUT2D eigenvalue weighted by Gasteiger charge is 2.41. The molecule has 0 spiro atoms. The van der Waals surface area contributed by atoms with Gasteiger partial charge in [0, 0.05) is 6.08 Å². The van der Waals surface area contributed by atoms with Crippen molar-refractivity contribution < 1.29 is 10.0 Å². The van der Waals surface area contributed by atoms with Crippen LogP contribution in [0, 0.1) is 10.1 Å². The molecule has 0 aromatic rings. The van der Waals surface area contributed by atoms with Crippen molar-refractivity contribution in [3.63, 3.8) is 0 Å². The molecule has 0 aromatic carbocycles. The molecule has 1 aliphatic rings. The lowest BCUT2D eigenvalue weighted by atomic mass is 9.94. The molecule has 1 rings (SSSR count). The molecule has 2 unspecified atom stereocenters. The van der Waals surface area contributed by atoms with E-state index in [1.807, 2.05) is 0 Å². The third-order valence-electron chi connectivity index (χ3n) is 2.18. The Labute approximate surface area is 91.0 Å². The van der Waals surface area contributed by atoms with E-state index in [4.69, 9.17) is 23.2 Å². The molecule has 14 heavy (non-hydrogen) atoms. The minimum absolute atomic E-state index is 0.394. The molecule has 2 atom stereocenters. The van der Waals surface area contributed by atoms with Crippen LogP contribution in [0.2, 0.25) is 0 Å². The SMILES string of the molecule is CCC1(Cl)C=CC([N+](=O)[O-])=C(O)C1Cl. The molecule has 0 bridgehead atoms. The van der Waals surface area contributed by atoms with Gasteiger partial charge in [-0.25, -0.2) is 0 Å². The third kappa shape index (κ3) is 1.72. The van der Waals surface area contributed by atoms with Crippen LogP contribution < -0.4 is 0 Å². The van der Waals surface area contributed by atoms with Crippen molar-refractivity contribution in [1.82, 2.24) is 0 Å². The molecule has 0 radical (unpaired) electrons. The van der Waals surface area contributed by atoms with Gasteiger partial charge in [0.1, 0.15) is 5.38 Å². The fourth-order valence-electron chi connectivity index (χ4n) is 1.20. The van der Waals surface area contributed by atoms with Gasteiger partial charge in [-0.3, -0.25) is 10.1 Å². The minimum atomic E-state index is -0.959. The highest BCUT2D eigenvalue weighted by molar-refractivity contribution is 6.34. The van der Waals surface area contributed by atoms with Gasteiger partial charge in [-0.2, -0.15) is 0 Å². The Morgan fingerprint density at radius 1 is 1.79 bits per heavy atom. The number of aliphatic hydroxyl groups is 1. The van der Waals surface area contributed by atoms with Crippen molar-refractivity contribution in [2.45, 2.75) is 23.6 Å². The number of hydrogen-bond acceptors (Lipinski definition) is 3. The third-order valence-corrected chi connectivity index (χ3v) is 3.50. The summed E-state index contributed by atoms with van der Waals surface area (Å²) in [6.45, 7) is 1.79. The van der Waals surface area contributed by atoms with E-state index in [-0.39, 0.29) is 0 Å². The predicted octanol–water partition coefficient (Wildman–Crippen LogP) is 2.60. The molecular weight excluding hydrogens is 229 g/mol. The summed E-state index contributed by atoms with van der Waals surface area (Å²) in [7, 11) is 0. The topological polar surface area (TPSA) is 63.4 Å². The van der Waals surface area contributed by atoms with Crippen LogP contribution in [-0.4, -0.2) is 20.3 Å². The minimum Gasteiger partial charge on any atom is -0.505 e. The molecule has 0 saturated carbocycles. The van der Waals surface area contributed by atoms with Crippen LogP contribution in [-0.2, 0) is 0 Å². The summed E-state index contributed by atoms with van der Waals surface area (Å²) in [4.78, 5) is 8.82. The van der Waals surface area contributed by atoms with Gasteiger partial charge in [0.05, 0.1) is 9.80 Å². The molecule has 4 nitrogen and oxygen atoms in total. The van der Waals surface area contributed by atoms with Crippen molar-refractivity contribution in [2.75, 3.05) is 0 Å². The number of nitro groups is 1. The first-order valence-electron chi connectivity index (χ1n) is 4.02. The molecule has 0 aliphatic heterocycles. The molecule has 1 aliphatic carbocycles. The van der Waals surface area contributed by atoms with Crippen LogP contribution in [0.1, 0.15) is 13.3 Å². The number of alkyl halides is 2. The highest BCUT2D eigenvalue weighted by atomic mass is 35.5. The van der Waals surface area contributed by atoms with Crippen LogP contribution in [0.5, 0.6) is 0 Å². The first-order chi connectivity index (χ1) is 6.42. The molecular formula is C8H9Cl2NO3. The van der Waals surface area contributed by atoms with Gasteiger partial charge < -0.3 is 5.11 Å². The predicted molar refractivity (Wildman–Crippen MR) is 54.3 cm³/mol. The van der Waals surface area contributed by atoms with Crippen molar-refractivity contribution in [3.8, 4) is 0 Å². The van der Waals surface area contributed by atoms with Gasteiger partial charge in [-0.05, 0) is 6.42 Å². The summed E-state index contributed by atoms with van der Waals surface area (Å²) < 4.78 is 0. The lowest BCUT2D eigenvalue weighted by Gasteiger charge is -2.28. The number of halogens is 2. The van der Waals surface area contributed by atoms with Crippen LogP contribution in [0.15, 0.2) is 23.6 Å². The fourth-order valence-corrected chi connectivity index (χ4v) is 1.70. The van der Waals surface area contributed by atoms with Crippen LogP contribution in [0.4, 0.5) is 0 Å². The van der Waals surface area contributed by atoms with Crippen molar-refractivity contribution in [2.24, 2.45) is 0 Å². The Morgan fingerprint density at radius 3 is 2.79 bits per heavy atom. The second-order valence-electron chi connectivity index (χ2n) is 3.00. The maximum atomic E-state index is 10.4. The molecule has 0 amide bonds. The summed E-state index contributed by atoms with van der Waals surface area (Å²) in [5.74, 6) is -0.476. The van der Waals surface area contributed by atoms with Gasteiger partial charge in [-0.15, -0.1) is 23.2 Å². The van der Waals surface area contributed by atoms with E-state index in [1.54, 1.807) is 6.92 Å². The largest absolute Gasteiger partial charge is 0.505 e. The zero-order valence-electron chi connectivity index (χ0n) is 7.41. The van der Waals surface area contributed by atoms with Gasteiger partial charge in [0.25, 0.3) is 0 Å². The summed E-state index contributed by atoms with van der Waals surface area (Å²) in [5.41, 5.74) is -0.394. The lowest BCUT2D eigenvalue weighted by molar-refractivity contribution is -0.422. The van der Waals surface area contributed by atoms with E-state index in [0.29, 0.717) is 6.42 Å². The van der Waals surface area contributed by atoms with Crippen LogP contribution >= 0.6 is 23.2 Å². The number of hydrogen-bond donors (Lipinski definition) is 1. The molecule has 1 N–H and O–H groups in total. The maximum Gasteiger partial charge on any atom is 0.307 e. The molecule has 6 heteroatoms. The Balaban J connectivity index is 3.10. The number of rotatable bonds is 2. The smallest absolute Gasteiger partial charge is 0.307 e. The van der Waals surface area contributed by atoms with Gasteiger partial charge in [-0.1, -0.05) is 13.0 Å². The molecule has 0 aromatic heterocycles. The summed E-state index contributed by atoms with van der Waals surface area (Å²) >= 11 is 11.9. The maximum absolute atomic E-state index is 10.4. The average molecular weight is 238 g/mol. The summed E-state index contributed by atoms with van der Waals surface area (Å²) in [5, 5.41) is 18.9. The van der Waals surface area contributed by atoms with Gasteiger partial charge in [0.2, 0.25) is 0 Å². The van der Waals surface area contributed by atoms with Crippen LogP contribution in [0.25, 0.3) is 0 Å². The van der Waals surface area contributed by atoms with Gasteiger partial charge >= 0.3 is 5.70 Å². The molecule has 0 fully saturated rings. The van der Waals surface area contributed by atoms with E-state index >= 15 is 0 Å². The molecule has 0 saturated heterocycles. The zero-order valence-corrected chi connectivity index (χ0v) is 8.92. The number of aliphatic hydroxyl groups excluding tert-OH is 1. The summed E-state index contributed by atoms with van der Waals surface area (Å²) in [6, 6.07) is 0. The first-order valence-corrected chi connectivity index (χ1v) is 4.83. The molecule has 0 heterocycles. The monoisotopic (exact) mass is 237 g/mol. The Bertz CT molecular complexity index is 327. The summed E-state index contributed by atoms with van der Waals surface area (Å²) in [6.07, 6.45) is 3.11. The van der Waals surface area contributed by atoms with Crippen molar-refractivity contribution in [3.05, 3.63) is 33.7 Å². The molecule has 78 valence electrons. The van der Waals surface area contributed by atoms with Crippen LogP contribution in [0.3, 0.4) is 0 Å². The fraction of sp³-hybridized carbons (Fsp3) is 0.500. The Kier molecular flexibility index (Phi) is 3.07. The second kappa shape index (κ2) is 3.79. The van der Waals surface area contributed by atoms with E-state index < -0.39 is 26.6 Å². The first kappa shape index (κ1) is 11.3. The number of nitrogens with zero attached hydrogens (tertiary/aromatic N) is 1. The van der Waals surface area contributed by atoms with E-state index in [0.717, 1.165) is 0 Å². The lowest BCUT2D eigenvalue weighted by Crippen LogP contribution is -2.35. The van der Waals surface area contributed by atoms with E-state index in [9.17, 15) is 15.2 Å². The van der Waals surface area contributed by atoms with Gasteiger partial charge in [0.15, 0.2) is 5.76 Å². The van der Waals surface area contributed by atoms with Crippen molar-refractivity contribution >= 4 is 23.2 Å². The second-order valence-corrected chi connectivity index (χ2v) is 4.14. The normalized spacial score (nSPS) is 32.1. The van der Waals surface area contributed by atoms with Crippen molar-refractivity contribution in [1.29, 1.82) is 0 Å². The Hall–Kier alpha value is -0.740. The Morgan fingerprint density at radius 2 is 2.36 bits per heavy atom. The quantitative estimate of drug-likeness (QED) is 0.456. The average Bonchev–Trinajstić information content (AvgIpc) is 2.14. The highest BCUT2D eigenvalue weighted by Crippen LogP contribution is 2.38.